The number of carboxylic acid groups (broad SMARTS) is 1. The van der Waals surface area contributed by atoms with E-state index >= 15 is 0 Å². The number of aliphatic carboxylic acids is 1. The van der Waals surface area contributed by atoms with Gasteiger partial charge in [0.2, 0.25) is 5.91 Å². The number of carbonyl (C=O) groups excluding carboxylic acids is 1. The lowest BCUT2D eigenvalue weighted by Gasteiger charge is -2.23. The number of nitrogens with zero attached hydrogens (tertiary/aromatic N) is 3. The topological polar surface area (TPSA) is 92.1 Å². The fourth-order valence-corrected chi connectivity index (χ4v) is 3.90. The van der Waals surface area contributed by atoms with Crippen LogP contribution in [0.4, 0.5) is 4.39 Å². The van der Waals surface area contributed by atoms with Crippen LogP contribution in [-0.2, 0) is 9.59 Å². The average molecular weight is 456 g/mol. The zero-order valence-corrected chi connectivity index (χ0v) is 17.8. The molecule has 1 N–H and O–H groups in total. The second kappa shape index (κ2) is 8.92. The molecule has 2 aromatic carbocycles. The SMILES string of the molecule is COc1ccc2cc(C3CC(c4ccc(F)cc4)=NN3C(=O)CCC(=O)O)c(Cl)nc2c1. The standard InChI is InChI=1S/C23H19ClFN3O4/c1-32-16-7-4-14-10-17(23(24)26-18(14)11-16)20-12-19(13-2-5-15(25)6-3-13)27-28(20)21(29)8-9-22(30)31/h2-7,10-11,20H,8-9,12H2,1H3,(H,30,31). The van der Waals surface area contributed by atoms with Gasteiger partial charge >= 0.3 is 5.97 Å². The normalized spacial score (nSPS) is 15.7. The summed E-state index contributed by atoms with van der Waals surface area (Å²) < 4.78 is 18.6. The van der Waals surface area contributed by atoms with Crippen molar-refractivity contribution in [1.82, 2.24) is 9.99 Å². The highest BCUT2D eigenvalue weighted by atomic mass is 35.5. The molecule has 0 radical (unpaired) electrons. The molecule has 9 heteroatoms. The third-order valence-corrected chi connectivity index (χ3v) is 5.56. The molecule has 0 saturated carbocycles. The molecule has 4 rings (SSSR count). The number of hydrazone groups is 1. The van der Waals surface area contributed by atoms with Gasteiger partial charge in [-0.2, -0.15) is 5.10 Å². The van der Waals surface area contributed by atoms with E-state index in [1.807, 2.05) is 12.1 Å². The van der Waals surface area contributed by atoms with E-state index in [0.717, 1.165) is 5.39 Å². The van der Waals surface area contributed by atoms with E-state index in [1.54, 1.807) is 31.4 Å². The van der Waals surface area contributed by atoms with Crippen molar-refractivity contribution in [3.8, 4) is 5.75 Å². The van der Waals surface area contributed by atoms with Crippen LogP contribution < -0.4 is 4.74 Å². The van der Waals surface area contributed by atoms with Gasteiger partial charge < -0.3 is 9.84 Å². The molecule has 0 fully saturated rings. The molecule has 0 spiro atoms. The van der Waals surface area contributed by atoms with Crippen molar-refractivity contribution < 1.29 is 23.8 Å². The van der Waals surface area contributed by atoms with Gasteiger partial charge in [-0.3, -0.25) is 9.59 Å². The first-order valence-corrected chi connectivity index (χ1v) is 10.2. The molecule has 2 heterocycles. The maximum Gasteiger partial charge on any atom is 0.303 e. The van der Waals surface area contributed by atoms with Crippen molar-refractivity contribution in [2.75, 3.05) is 7.11 Å². The van der Waals surface area contributed by atoms with E-state index in [0.29, 0.717) is 34.5 Å². The summed E-state index contributed by atoms with van der Waals surface area (Å²) in [5.41, 5.74) is 2.47. The summed E-state index contributed by atoms with van der Waals surface area (Å²) in [6.07, 6.45) is -0.192. The van der Waals surface area contributed by atoms with E-state index in [1.165, 1.54) is 17.1 Å². The summed E-state index contributed by atoms with van der Waals surface area (Å²) in [7, 11) is 1.56. The summed E-state index contributed by atoms with van der Waals surface area (Å²) in [4.78, 5) is 28.3. The van der Waals surface area contributed by atoms with Crippen LogP contribution in [0.3, 0.4) is 0 Å². The van der Waals surface area contributed by atoms with Crippen molar-refractivity contribution in [3.63, 3.8) is 0 Å². The van der Waals surface area contributed by atoms with Crippen LogP contribution in [0.5, 0.6) is 5.75 Å². The fourth-order valence-electron chi connectivity index (χ4n) is 3.63. The predicted octanol–water partition coefficient (Wildman–Crippen LogP) is 4.58. The maximum atomic E-state index is 13.4. The largest absolute Gasteiger partial charge is 0.497 e. The number of rotatable bonds is 6. The van der Waals surface area contributed by atoms with Crippen LogP contribution in [0, 0.1) is 5.82 Å². The van der Waals surface area contributed by atoms with Crippen LogP contribution >= 0.6 is 11.6 Å². The summed E-state index contributed by atoms with van der Waals surface area (Å²) in [5, 5.41) is 15.7. The van der Waals surface area contributed by atoms with Gasteiger partial charge in [-0.1, -0.05) is 23.7 Å². The van der Waals surface area contributed by atoms with Crippen molar-refractivity contribution in [2.24, 2.45) is 5.10 Å². The number of hydrogen-bond acceptors (Lipinski definition) is 5. The molecule has 32 heavy (non-hydrogen) atoms. The lowest BCUT2D eigenvalue weighted by molar-refractivity contribution is -0.141. The first-order chi connectivity index (χ1) is 15.4. The molecule has 1 aliphatic heterocycles. The Kier molecular flexibility index (Phi) is 6.05. The van der Waals surface area contributed by atoms with E-state index in [9.17, 15) is 14.0 Å². The minimum atomic E-state index is -1.07. The van der Waals surface area contributed by atoms with E-state index in [4.69, 9.17) is 21.4 Å². The second-order valence-electron chi connectivity index (χ2n) is 7.33. The molecule has 0 saturated heterocycles. The van der Waals surface area contributed by atoms with Crippen molar-refractivity contribution in [1.29, 1.82) is 0 Å². The second-order valence-corrected chi connectivity index (χ2v) is 7.69. The number of carboxylic acids is 1. The summed E-state index contributed by atoms with van der Waals surface area (Å²) in [6, 6.07) is 12.5. The Labute approximate surface area is 188 Å². The molecule has 1 aromatic heterocycles. The molecule has 7 nitrogen and oxygen atoms in total. The van der Waals surface area contributed by atoms with E-state index in [-0.39, 0.29) is 23.8 Å². The number of halogens is 2. The Morgan fingerprint density at radius 1 is 1.19 bits per heavy atom. The Balaban J connectivity index is 1.73. The maximum absolute atomic E-state index is 13.4. The first-order valence-electron chi connectivity index (χ1n) is 9.87. The lowest BCUT2D eigenvalue weighted by atomic mass is 9.98. The highest BCUT2D eigenvalue weighted by Crippen LogP contribution is 2.38. The number of benzene rings is 2. The molecule has 1 unspecified atom stereocenters. The van der Waals surface area contributed by atoms with Crippen LogP contribution in [0.2, 0.25) is 5.15 Å². The summed E-state index contributed by atoms with van der Waals surface area (Å²) in [5.74, 6) is -1.26. The molecular formula is C23H19ClFN3O4. The molecule has 0 bridgehead atoms. The number of aromatic nitrogens is 1. The van der Waals surface area contributed by atoms with Crippen LogP contribution in [0.15, 0.2) is 53.6 Å². The van der Waals surface area contributed by atoms with Gasteiger partial charge in [0.1, 0.15) is 16.7 Å². The first kappa shape index (κ1) is 21.7. The van der Waals surface area contributed by atoms with Crippen LogP contribution in [0.25, 0.3) is 10.9 Å². The highest BCUT2D eigenvalue weighted by molar-refractivity contribution is 6.30. The number of methoxy groups -OCH3 is 1. The number of ether oxygens (including phenoxy) is 1. The molecule has 1 amide bonds. The van der Waals surface area contributed by atoms with Gasteiger partial charge in [-0.15, -0.1) is 0 Å². The number of amides is 1. The quantitative estimate of drug-likeness (QED) is 0.549. The Bertz CT molecular complexity index is 1230. The van der Waals surface area contributed by atoms with E-state index < -0.39 is 17.9 Å². The summed E-state index contributed by atoms with van der Waals surface area (Å²) in [6.45, 7) is 0. The highest BCUT2D eigenvalue weighted by Gasteiger charge is 2.35. The Morgan fingerprint density at radius 3 is 2.62 bits per heavy atom. The molecule has 1 atom stereocenters. The minimum absolute atomic E-state index is 0.206. The molecule has 1 aliphatic rings. The predicted molar refractivity (Wildman–Crippen MR) is 117 cm³/mol. The van der Waals surface area contributed by atoms with Gasteiger partial charge in [0.15, 0.2) is 0 Å². The number of hydrogen-bond donors (Lipinski definition) is 1. The zero-order valence-electron chi connectivity index (χ0n) is 17.1. The van der Waals surface area contributed by atoms with Crippen molar-refractivity contribution >= 4 is 40.1 Å². The number of pyridine rings is 1. The third kappa shape index (κ3) is 4.40. The lowest BCUT2D eigenvalue weighted by Crippen LogP contribution is -2.27. The van der Waals surface area contributed by atoms with E-state index in [2.05, 4.69) is 10.1 Å². The van der Waals surface area contributed by atoms with Gasteiger partial charge in [0, 0.05) is 29.9 Å². The smallest absolute Gasteiger partial charge is 0.303 e. The number of fused-ring (bicyclic) bond motifs is 1. The van der Waals surface area contributed by atoms with Crippen molar-refractivity contribution in [3.05, 3.63) is 70.6 Å². The molecule has 0 aliphatic carbocycles. The zero-order chi connectivity index (χ0) is 22.8. The Morgan fingerprint density at radius 2 is 1.94 bits per heavy atom. The third-order valence-electron chi connectivity index (χ3n) is 5.26. The van der Waals surface area contributed by atoms with Crippen LogP contribution in [-0.4, -0.2) is 39.8 Å². The van der Waals surface area contributed by atoms with Gasteiger partial charge in [0.25, 0.3) is 0 Å². The monoisotopic (exact) mass is 455 g/mol. The Hall–Kier alpha value is -3.52. The average Bonchev–Trinajstić information content (AvgIpc) is 3.22. The van der Waals surface area contributed by atoms with Gasteiger partial charge in [-0.25, -0.2) is 14.4 Å². The van der Waals surface area contributed by atoms with Gasteiger partial charge in [0.05, 0.1) is 30.8 Å². The minimum Gasteiger partial charge on any atom is -0.497 e. The molecule has 164 valence electrons. The molecule has 3 aromatic rings. The molecular weight excluding hydrogens is 437 g/mol. The van der Waals surface area contributed by atoms with Crippen molar-refractivity contribution in [2.45, 2.75) is 25.3 Å². The summed E-state index contributed by atoms with van der Waals surface area (Å²) >= 11 is 6.51. The number of carbonyl (C=O) groups is 2. The van der Waals surface area contributed by atoms with Crippen LogP contribution in [0.1, 0.15) is 36.4 Å². The fraction of sp³-hybridized carbons (Fsp3) is 0.217. The van der Waals surface area contributed by atoms with Gasteiger partial charge in [-0.05, 0) is 35.9 Å².